The van der Waals surface area contributed by atoms with Crippen LogP contribution < -0.4 is 5.32 Å². The molecular formula is C18H15FN2O3S2. The smallest absolute Gasteiger partial charge is 0.358 e. The number of thiazole rings is 1. The van der Waals surface area contributed by atoms with Gasteiger partial charge in [-0.3, -0.25) is 4.79 Å². The fraction of sp³-hybridized carbons (Fsp3) is 0.167. The molecule has 0 saturated heterocycles. The number of esters is 1. The first-order valence-corrected chi connectivity index (χ1v) is 9.55. The highest BCUT2D eigenvalue weighted by Crippen LogP contribution is 2.24. The lowest BCUT2D eigenvalue weighted by Gasteiger charge is -2.05. The van der Waals surface area contributed by atoms with E-state index in [1.54, 1.807) is 28.8 Å². The molecule has 3 rings (SSSR count). The van der Waals surface area contributed by atoms with Crippen molar-refractivity contribution in [1.82, 2.24) is 10.3 Å². The Morgan fingerprint density at radius 2 is 1.96 bits per heavy atom. The van der Waals surface area contributed by atoms with Crippen LogP contribution in [0.25, 0.3) is 10.6 Å². The summed E-state index contributed by atoms with van der Waals surface area (Å²) in [7, 11) is 0. The Balaban J connectivity index is 1.46. The second-order valence-corrected chi connectivity index (χ2v) is 7.19. The Kier molecular flexibility index (Phi) is 6.08. The van der Waals surface area contributed by atoms with E-state index in [0.29, 0.717) is 17.1 Å². The fourth-order valence-electron chi connectivity index (χ4n) is 2.13. The Hall–Kier alpha value is -2.58. The summed E-state index contributed by atoms with van der Waals surface area (Å²) < 4.78 is 17.9. The monoisotopic (exact) mass is 390 g/mol. The lowest BCUT2D eigenvalue weighted by molar-refractivity contribution is -0.124. The normalized spacial score (nSPS) is 10.5. The molecule has 0 unspecified atom stereocenters. The van der Waals surface area contributed by atoms with Crippen LogP contribution in [-0.2, 0) is 16.0 Å². The number of thiophene rings is 1. The van der Waals surface area contributed by atoms with Crippen LogP contribution in [0.3, 0.4) is 0 Å². The van der Waals surface area contributed by atoms with Crippen LogP contribution in [0.2, 0.25) is 0 Å². The van der Waals surface area contributed by atoms with E-state index in [-0.39, 0.29) is 24.0 Å². The van der Waals surface area contributed by atoms with Crippen LogP contribution in [0.4, 0.5) is 4.39 Å². The minimum absolute atomic E-state index is 0.126. The predicted molar refractivity (Wildman–Crippen MR) is 98.8 cm³/mol. The Morgan fingerprint density at radius 3 is 2.69 bits per heavy atom. The van der Waals surface area contributed by atoms with E-state index in [4.69, 9.17) is 4.74 Å². The van der Waals surface area contributed by atoms with Crippen LogP contribution in [0.15, 0.2) is 47.2 Å². The van der Waals surface area contributed by atoms with Gasteiger partial charge in [0.2, 0.25) is 0 Å². The van der Waals surface area contributed by atoms with Gasteiger partial charge >= 0.3 is 5.97 Å². The number of nitrogens with zero attached hydrogens (tertiary/aromatic N) is 1. The van der Waals surface area contributed by atoms with Crippen molar-refractivity contribution in [1.29, 1.82) is 0 Å². The molecule has 1 N–H and O–H groups in total. The predicted octanol–water partition coefficient (Wildman–Crippen LogP) is 3.53. The molecule has 0 aliphatic rings. The summed E-state index contributed by atoms with van der Waals surface area (Å²) >= 11 is 2.88. The van der Waals surface area contributed by atoms with Gasteiger partial charge in [0.25, 0.3) is 5.91 Å². The first-order valence-electron chi connectivity index (χ1n) is 7.79. The molecule has 26 heavy (non-hydrogen) atoms. The third-order valence-corrected chi connectivity index (χ3v) is 5.24. The molecule has 0 aliphatic heterocycles. The zero-order chi connectivity index (χ0) is 18.4. The molecule has 1 aromatic carbocycles. The van der Waals surface area contributed by atoms with Crippen molar-refractivity contribution in [2.24, 2.45) is 0 Å². The average Bonchev–Trinajstić information content (AvgIpc) is 3.32. The van der Waals surface area contributed by atoms with Crippen molar-refractivity contribution in [3.05, 3.63) is 63.5 Å². The van der Waals surface area contributed by atoms with E-state index in [1.165, 1.54) is 28.3 Å². The van der Waals surface area contributed by atoms with Gasteiger partial charge in [-0.05, 0) is 42.1 Å². The number of carbonyl (C=O) groups is 2. The van der Waals surface area contributed by atoms with Gasteiger partial charge < -0.3 is 10.1 Å². The van der Waals surface area contributed by atoms with Crippen LogP contribution in [0.1, 0.15) is 15.4 Å². The van der Waals surface area contributed by atoms with Crippen LogP contribution >= 0.6 is 22.7 Å². The summed E-state index contributed by atoms with van der Waals surface area (Å²) in [5.41, 5.74) is 0.836. The number of ether oxygens (including phenoxy) is 1. The van der Waals surface area contributed by atoms with Crippen molar-refractivity contribution in [3.8, 4) is 10.6 Å². The van der Waals surface area contributed by atoms with Gasteiger partial charge in [-0.25, -0.2) is 14.2 Å². The van der Waals surface area contributed by atoms with E-state index in [2.05, 4.69) is 10.3 Å². The molecular weight excluding hydrogens is 375 g/mol. The summed E-state index contributed by atoms with van der Waals surface area (Å²) in [6.45, 7) is 0.134. The highest BCUT2D eigenvalue weighted by Gasteiger charge is 2.15. The first kappa shape index (κ1) is 18.2. The molecule has 3 aromatic rings. The Morgan fingerprint density at radius 1 is 1.15 bits per heavy atom. The van der Waals surface area contributed by atoms with Gasteiger partial charge in [-0.1, -0.05) is 6.07 Å². The van der Waals surface area contributed by atoms with Crippen molar-refractivity contribution in [2.75, 3.05) is 13.2 Å². The number of hydrogen-bond acceptors (Lipinski definition) is 6. The van der Waals surface area contributed by atoms with Gasteiger partial charge in [-0.2, -0.15) is 0 Å². The number of rotatable bonds is 7. The molecule has 0 fully saturated rings. The van der Waals surface area contributed by atoms with Gasteiger partial charge in [-0.15, -0.1) is 22.7 Å². The number of hydrogen-bond donors (Lipinski definition) is 1. The van der Waals surface area contributed by atoms with Gasteiger partial charge in [0.1, 0.15) is 10.8 Å². The molecule has 0 bridgehead atoms. The van der Waals surface area contributed by atoms with Gasteiger partial charge in [0.05, 0.1) is 0 Å². The molecule has 5 nitrogen and oxygen atoms in total. The molecule has 0 aliphatic carbocycles. The quantitative estimate of drug-likeness (QED) is 0.627. The summed E-state index contributed by atoms with van der Waals surface area (Å²) in [5, 5.41) is 6.81. The summed E-state index contributed by atoms with van der Waals surface area (Å²) in [5.74, 6) is -1.36. The molecule has 8 heteroatoms. The second-order valence-electron chi connectivity index (χ2n) is 5.30. The van der Waals surface area contributed by atoms with Gasteiger partial charge in [0, 0.05) is 22.4 Å². The third kappa shape index (κ3) is 4.96. The lowest BCUT2D eigenvalue weighted by Crippen LogP contribution is -2.30. The van der Waals surface area contributed by atoms with E-state index in [1.807, 2.05) is 17.5 Å². The topological polar surface area (TPSA) is 68.3 Å². The van der Waals surface area contributed by atoms with E-state index in [9.17, 15) is 14.0 Å². The van der Waals surface area contributed by atoms with E-state index < -0.39 is 5.97 Å². The SMILES string of the molecule is O=C(COC(=O)c1csc(-c2ccc(F)cc2)n1)NCCc1cccs1. The second kappa shape index (κ2) is 8.68. The zero-order valence-corrected chi connectivity index (χ0v) is 15.2. The molecule has 1 amide bonds. The first-order chi connectivity index (χ1) is 12.6. The Labute approximate surface area is 157 Å². The Bertz CT molecular complexity index is 876. The fourth-order valence-corrected chi connectivity index (χ4v) is 3.63. The number of benzene rings is 1. The molecule has 2 aromatic heterocycles. The van der Waals surface area contributed by atoms with Crippen LogP contribution in [-0.4, -0.2) is 30.0 Å². The molecule has 0 radical (unpaired) electrons. The third-order valence-electron chi connectivity index (χ3n) is 3.41. The summed E-state index contributed by atoms with van der Waals surface area (Å²) in [6, 6.07) is 9.79. The maximum atomic E-state index is 13.0. The zero-order valence-electron chi connectivity index (χ0n) is 13.6. The maximum absolute atomic E-state index is 13.0. The molecule has 0 saturated carbocycles. The van der Waals surface area contributed by atoms with E-state index in [0.717, 1.165) is 6.42 Å². The summed E-state index contributed by atoms with van der Waals surface area (Å²) in [4.78, 5) is 29.1. The van der Waals surface area contributed by atoms with Crippen LogP contribution in [0.5, 0.6) is 0 Å². The molecule has 134 valence electrons. The molecule has 0 spiro atoms. The maximum Gasteiger partial charge on any atom is 0.358 e. The number of carbonyl (C=O) groups excluding carboxylic acids is 2. The summed E-state index contributed by atoms with van der Waals surface area (Å²) in [6.07, 6.45) is 0.741. The highest BCUT2D eigenvalue weighted by molar-refractivity contribution is 7.13. The molecule has 2 heterocycles. The van der Waals surface area contributed by atoms with Crippen molar-refractivity contribution in [2.45, 2.75) is 6.42 Å². The highest BCUT2D eigenvalue weighted by atomic mass is 32.1. The minimum atomic E-state index is -0.664. The standard InChI is InChI=1S/C18H15FN2O3S2/c19-13-5-3-12(4-6-13)17-21-15(11-26-17)18(23)24-10-16(22)20-8-7-14-2-1-9-25-14/h1-6,9,11H,7-8,10H2,(H,20,22). The number of halogens is 1. The van der Waals surface area contributed by atoms with Crippen molar-refractivity contribution in [3.63, 3.8) is 0 Å². The van der Waals surface area contributed by atoms with Crippen molar-refractivity contribution >= 4 is 34.6 Å². The molecule has 0 atom stereocenters. The lowest BCUT2D eigenvalue weighted by atomic mass is 10.2. The van der Waals surface area contributed by atoms with E-state index >= 15 is 0 Å². The van der Waals surface area contributed by atoms with Gasteiger partial charge in [0.15, 0.2) is 12.3 Å². The largest absolute Gasteiger partial charge is 0.451 e. The van der Waals surface area contributed by atoms with Crippen molar-refractivity contribution < 1.29 is 18.7 Å². The average molecular weight is 390 g/mol. The van der Waals surface area contributed by atoms with Crippen LogP contribution in [0, 0.1) is 5.82 Å². The number of aromatic nitrogens is 1. The number of amides is 1. The minimum Gasteiger partial charge on any atom is -0.451 e. The number of nitrogens with one attached hydrogen (secondary N) is 1.